The summed E-state index contributed by atoms with van der Waals surface area (Å²) < 4.78 is 18.7. The summed E-state index contributed by atoms with van der Waals surface area (Å²) in [6.07, 6.45) is -0.905. The number of rotatable bonds is 10. The molecule has 3 aromatic rings. The van der Waals surface area contributed by atoms with Gasteiger partial charge >= 0.3 is 29.0 Å². The fourth-order valence-electron chi connectivity index (χ4n) is 3.99. The zero-order valence-electron chi connectivity index (χ0n) is 19.1. The lowest BCUT2D eigenvalue weighted by Gasteiger charge is -2.25. The van der Waals surface area contributed by atoms with Gasteiger partial charge in [0, 0.05) is 26.1 Å². The Hall–Kier alpha value is -2.50. The molecule has 9 nitrogen and oxygen atoms in total. The van der Waals surface area contributed by atoms with Crippen molar-refractivity contribution in [2.24, 2.45) is 0 Å². The van der Waals surface area contributed by atoms with E-state index in [1.165, 1.54) is 0 Å². The lowest BCUT2D eigenvalue weighted by Crippen LogP contribution is -2.38. The molecular formula is C25H31MgN3O6. The standard InChI is InChI=1S/C25H29N3O6.Mg.2H/c1-2-32-21(25(30)31)15-17-7-9-18(10-8-17)33-14-12-28-23(22-16-26-11-13-34-22)27-20-6-4-3-5-19(20)24(28)29;;;/h3-10,21-22,26H,2,11-16H2,1H3,(H,30,31);;;. The van der Waals surface area contributed by atoms with E-state index < -0.39 is 12.1 Å². The van der Waals surface area contributed by atoms with E-state index >= 15 is 0 Å². The van der Waals surface area contributed by atoms with Gasteiger partial charge in [-0.1, -0.05) is 24.3 Å². The van der Waals surface area contributed by atoms with Crippen molar-refractivity contribution in [2.45, 2.75) is 32.1 Å². The highest BCUT2D eigenvalue weighted by molar-refractivity contribution is 5.77. The predicted octanol–water partition coefficient (Wildman–Crippen LogP) is 1.25. The second kappa shape index (κ2) is 13.0. The fourth-order valence-corrected chi connectivity index (χ4v) is 3.99. The summed E-state index contributed by atoms with van der Waals surface area (Å²) in [6.45, 7) is 4.61. The van der Waals surface area contributed by atoms with Crippen LogP contribution in [0.5, 0.6) is 5.75 Å². The lowest BCUT2D eigenvalue weighted by molar-refractivity contribution is -0.149. The summed E-state index contributed by atoms with van der Waals surface area (Å²) >= 11 is 0. The largest absolute Gasteiger partial charge is 0.492 e. The van der Waals surface area contributed by atoms with Crippen molar-refractivity contribution in [3.63, 3.8) is 0 Å². The van der Waals surface area contributed by atoms with E-state index in [2.05, 4.69) is 5.32 Å². The van der Waals surface area contributed by atoms with Gasteiger partial charge in [-0.2, -0.15) is 0 Å². The van der Waals surface area contributed by atoms with E-state index in [0.29, 0.717) is 48.8 Å². The smallest absolute Gasteiger partial charge is 0.333 e. The highest BCUT2D eigenvalue weighted by atomic mass is 24.3. The molecule has 2 unspecified atom stereocenters. The van der Waals surface area contributed by atoms with E-state index in [-0.39, 0.29) is 47.7 Å². The predicted molar refractivity (Wildman–Crippen MR) is 135 cm³/mol. The molecule has 2 atom stereocenters. The number of carbonyl (C=O) groups is 1. The molecule has 1 fully saturated rings. The first-order valence-electron chi connectivity index (χ1n) is 11.4. The van der Waals surface area contributed by atoms with Crippen LogP contribution in [0.25, 0.3) is 10.9 Å². The minimum absolute atomic E-state index is 0. The number of aliphatic carboxylic acids is 1. The third-order valence-electron chi connectivity index (χ3n) is 5.68. The highest BCUT2D eigenvalue weighted by Gasteiger charge is 2.23. The summed E-state index contributed by atoms with van der Waals surface area (Å²) in [7, 11) is 0. The summed E-state index contributed by atoms with van der Waals surface area (Å²) in [4.78, 5) is 29.3. The van der Waals surface area contributed by atoms with E-state index in [0.717, 1.165) is 12.1 Å². The first kappa shape index (κ1) is 27.1. The number of para-hydroxylation sites is 1. The highest BCUT2D eigenvalue weighted by Crippen LogP contribution is 2.19. The Morgan fingerprint density at radius 3 is 2.71 bits per heavy atom. The van der Waals surface area contributed by atoms with Gasteiger partial charge in [0.15, 0.2) is 6.10 Å². The number of ether oxygens (including phenoxy) is 3. The van der Waals surface area contributed by atoms with Gasteiger partial charge in [0.05, 0.1) is 24.1 Å². The monoisotopic (exact) mass is 493 g/mol. The molecule has 0 bridgehead atoms. The Kier molecular flexibility index (Phi) is 10.1. The van der Waals surface area contributed by atoms with Crippen molar-refractivity contribution in [1.29, 1.82) is 0 Å². The molecule has 4 rings (SSSR count). The molecular weight excluding hydrogens is 463 g/mol. The summed E-state index contributed by atoms with van der Waals surface area (Å²) in [5, 5.41) is 13.1. The van der Waals surface area contributed by atoms with Crippen LogP contribution < -0.4 is 15.6 Å². The molecule has 1 saturated heterocycles. The maximum absolute atomic E-state index is 13.2. The second-order valence-electron chi connectivity index (χ2n) is 7.99. The Labute approximate surface area is 219 Å². The minimum atomic E-state index is -0.982. The SMILES string of the molecule is CCOC(Cc1ccc(OCCn2c(C3CNCCO3)nc3ccccc3c2=O)cc1)C(=O)O.[MgH2]. The number of fused-ring (bicyclic) bond motifs is 1. The van der Waals surface area contributed by atoms with Gasteiger partial charge in [-0.05, 0) is 36.8 Å². The average molecular weight is 494 g/mol. The third kappa shape index (κ3) is 6.80. The molecule has 0 spiro atoms. The van der Waals surface area contributed by atoms with Crippen LogP contribution in [0.2, 0.25) is 0 Å². The van der Waals surface area contributed by atoms with Gasteiger partial charge in [-0.25, -0.2) is 9.78 Å². The van der Waals surface area contributed by atoms with Gasteiger partial charge in [-0.3, -0.25) is 9.36 Å². The molecule has 2 N–H and O–H groups in total. The number of hydrogen-bond donors (Lipinski definition) is 2. The number of nitrogens with zero attached hydrogens (tertiary/aromatic N) is 2. The van der Waals surface area contributed by atoms with Crippen molar-refractivity contribution >= 4 is 39.9 Å². The Balaban J connectivity index is 0.00000342. The second-order valence-corrected chi connectivity index (χ2v) is 7.99. The van der Waals surface area contributed by atoms with Gasteiger partial charge in [0.1, 0.15) is 24.3 Å². The van der Waals surface area contributed by atoms with Crippen LogP contribution in [0.4, 0.5) is 0 Å². The normalized spacial score (nSPS) is 16.4. The quantitative estimate of drug-likeness (QED) is 0.406. The molecule has 1 aromatic heterocycles. The zero-order valence-corrected chi connectivity index (χ0v) is 19.1. The molecule has 1 aliphatic heterocycles. The Morgan fingerprint density at radius 2 is 2.03 bits per heavy atom. The fraction of sp³-hybridized carbons (Fsp3) is 0.400. The van der Waals surface area contributed by atoms with Crippen molar-refractivity contribution in [1.82, 2.24) is 14.9 Å². The molecule has 184 valence electrons. The van der Waals surface area contributed by atoms with Crippen LogP contribution >= 0.6 is 0 Å². The number of hydrogen-bond acceptors (Lipinski definition) is 7. The molecule has 0 saturated carbocycles. The Morgan fingerprint density at radius 1 is 1.26 bits per heavy atom. The summed E-state index contributed by atoms with van der Waals surface area (Å²) in [5.74, 6) is 0.237. The molecule has 10 heteroatoms. The van der Waals surface area contributed by atoms with Crippen molar-refractivity contribution < 1.29 is 24.1 Å². The topological polar surface area (TPSA) is 112 Å². The van der Waals surface area contributed by atoms with Crippen molar-refractivity contribution in [3.05, 3.63) is 70.3 Å². The van der Waals surface area contributed by atoms with E-state index in [1.54, 1.807) is 29.7 Å². The first-order chi connectivity index (χ1) is 16.6. The van der Waals surface area contributed by atoms with E-state index in [1.807, 2.05) is 30.3 Å². The van der Waals surface area contributed by atoms with E-state index in [9.17, 15) is 14.7 Å². The van der Waals surface area contributed by atoms with Crippen LogP contribution in [0.15, 0.2) is 53.3 Å². The summed E-state index contributed by atoms with van der Waals surface area (Å²) in [5.41, 5.74) is 1.37. The zero-order chi connectivity index (χ0) is 23.9. The molecule has 2 heterocycles. The maximum atomic E-state index is 13.2. The number of carboxylic acid groups (broad SMARTS) is 1. The van der Waals surface area contributed by atoms with Crippen molar-refractivity contribution in [2.75, 3.05) is 32.9 Å². The van der Waals surface area contributed by atoms with Gasteiger partial charge in [0.2, 0.25) is 0 Å². The van der Waals surface area contributed by atoms with E-state index in [4.69, 9.17) is 19.2 Å². The number of carboxylic acids is 1. The van der Waals surface area contributed by atoms with Crippen molar-refractivity contribution in [3.8, 4) is 5.75 Å². The molecule has 0 amide bonds. The van der Waals surface area contributed by atoms with Gasteiger partial charge < -0.3 is 24.6 Å². The average Bonchev–Trinajstić information content (AvgIpc) is 2.86. The molecule has 2 aromatic carbocycles. The molecule has 35 heavy (non-hydrogen) atoms. The van der Waals surface area contributed by atoms with Crippen LogP contribution in [0, 0.1) is 0 Å². The number of nitrogens with one attached hydrogen (secondary N) is 1. The number of morpholine rings is 1. The molecule has 1 aliphatic rings. The van der Waals surface area contributed by atoms with Crippen LogP contribution in [-0.4, -0.2) is 82.7 Å². The van der Waals surface area contributed by atoms with Gasteiger partial charge in [0.25, 0.3) is 5.56 Å². The number of benzene rings is 2. The Bertz CT molecular complexity index is 1180. The van der Waals surface area contributed by atoms with Crippen LogP contribution in [-0.2, 0) is 27.2 Å². The lowest BCUT2D eigenvalue weighted by atomic mass is 10.1. The van der Waals surface area contributed by atoms with Gasteiger partial charge in [-0.15, -0.1) is 0 Å². The first-order valence-corrected chi connectivity index (χ1v) is 11.4. The number of aromatic nitrogens is 2. The maximum Gasteiger partial charge on any atom is 0.333 e. The van der Waals surface area contributed by atoms with Crippen LogP contribution in [0.3, 0.4) is 0 Å². The minimum Gasteiger partial charge on any atom is -0.492 e. The van der Waals surface area contributed by atoms with Crippen LogP contribution in [0.1, 0.15) is 24.4 Å². The third-order valence-corrected chi connectivity index (χ3v) is 5.68. The molecule has 0 aliphatic carbocycles. The molecule has 0 radical (unpaired) electrons. The summed E-state index contributed by atoms with van der Waals surface area (Å²) in [6, 6.07) is 14.5.